The van der Waals surface area contributed by atoms with Crippen LogP contribution >= 0.6 is 0 Å². The van der Waals surface area contributed by atoms with Gasteiger partial charge < -0.3 is 15.3 Å². The van der Waals surface area contributed by atoms with E-state index >= 15 is 0 Å². The van der Waals surface area contributed by atoms with Crippen LogP contribution in [0.3, 0.4) is 0 Å². The zero-order chi connectivity index (χ0) is 14.7. The predicted molar refractivity (Wildman–Crippen MR) is 71.6 cm³/mol. The highest BCUT2D eigenvalue weighted by molar-refractivity contribution is 5.99. The Bertz CT molecular complexity index is 534. The van der Waals surface area contributed by atoms with Crippen LogP contribution in [0, 0.1) is 10.1 Å². The molecule has 20 heavy (non-hydrogen) atoms. The Morgan fingerprint density at radius 1 is 1.65 bits per heavy atom. The summed E-state index contributed by atoms with van der Waals surface area (Å²) in [5, 5.41) is 23.1. The molecule has 0 saturated carbocycles. The van der Waals surface area contributed by atoms with Crippen molar-refractivity contribution >= 4 is 17.4 Å². The summed E-state index contributed by atoms with van der Waals surface area (Å²) in [7, 11) is 1.59. The second-order valence-electron chi connectivity index (χ2n) is 4.64. The molecule has 1 aromatic heterocycles. The van der Waals surface area contributed by atoms with Crippen LogP contribution in [-0.2, 0) is 0 Å². The summed E-state index contributed by atoms with van der Waals surface area (Å²) in [4.78, 5) is 28.0. The summed E-state index contributed by atoms with van der Waals surface area (Å²) in [6.07, 6.45) is 1.94. The Hall–Kier alpha value is -2.22. The lowest BCUT2D eigenvalue weighted by atomic mass is 10.1. The number of hydrogen-bond acceptors (Lipinski definition) is 6. The van der Waals surface area contributed by atoms with E-state index in [2.05, 4.69) is 10.3 Å². The third-order valence-electron chi connectivity index (χ3n) is 3.24. The first-order valence-corrected chi connectivity index (χ1v) is 6.32. The van der Waals surface area contributed by atoms with Crippen molar-refractivity contribution in [1.29, 1.82) is 0 Å². The van der Waals surface area contributed by atoms with Gasteiger partial charge >= 0.3 is 0 Å². The van der Waals surface area contributed by atoms with Gasteiger partial charge in [0.2, 0.25) is 0 Å². The van der Waals surface area contributed by atoms with Crippen molar-refractivity contribution < 1.29 is 14.8 Å². The molecule has 2 heterocycles. The van der Waals surface area contributed by atoms with Gasteiger partial charge in [-0.25, -0.2) is 4.98 Å². The maximum atomic E-state index is 12.4. The van der Waals surface area contributed by atoms with Crippen molar-refractivity contribution in [1.82, 2.24) is 9.88 Å². The molecule has 1 aliphatic heterocycles. The molecule has 8 nitrogen and oxygen atoms in total. The maximum absolute atomic E-state index is 12.4. The summed E-state index contributed by atoms with van der Waals surface area (Å²) in [6.45, 7) is 0.770. The number of carbonyl (C=O) groups is 1. The first-order valence-electron chi connectivity index (χ1n) is 6.32. The number of amides is 1. The van der Waals surface area contributed by atoms with E-state index in [-0.39, 0.29) is 23.7 Å². The average molecular weight is 280 g/mol. The summed E-state index contributed by atoms with van der Waals surface area (Å²) >= 11 is 0. The van der Waals surface area contributed by atoms with Crippen molar-refractivity contribution in [2.24, 2.45) is 0 Å². The molecule has 2 N–H and O–H groups in total. The van der Waals surface area contributed by atoms with E-state index in [0.717, 1.165) is 6.20 Å². The summed E-state index contributed by atoms with van der Waals surface area (Å²) in [5.41, 5.74) is -0.0827. The second-order valence-corrected chi connectivity index (χ2v) is 4.64. The zero-order valence-electron chi connectivity index (χ0n) is 11.1. The molecular weight excluding hydrogens is 264 g/mol. The third-order valence-corrected chi connectivity index (χ3v) is 3.24. The molecule has 108 valence electrons. The Labute approximate surface area is 115 Å². The molecule has 1 atom stereocenters. The first kappa shape index (κ1) is 14.2. The number of aromatic nitrogens is 1. The molecule has 1 fully saturated rings. The Morgan fingerprint density at radius 2 is 2.40 bits per heavy atom. The number of carbonyl (C=O) groups excluding carboxylic acids is 1. The number of nitrogens with zero attached hydrogens (tertiary/aromatic N) is 3. The molecule has 1 saturated heterocycles. The van der Waals surface area contributed by atoms with Gasteiger partial charge in [0.25, 0.3) is 11.6 Å². The number of aliphatic hydroxyl groups excluding tert-OH is 1. The van der Waals surface area contributed by atoms with Gasteiger partial charge in [-0.1, -0.05) is 0 Å². The number of nitrogens with one attached hydrogen (secondary N) is 1. The fourth-order valence-electron chi connectivity index (χ4n) is 2.23. The molecule has 1 aromatic rings. The highest BCUT2D eigenvalue weighted by Gasteiger charge is 2.26. The van der Waals surface area contributed by atoms with Crippen LogP contribution < -0.4 is 5.32 Å². The molecule has 0 radical (unpaired) electrons. The van der Waals surface area contributed by atoms with Gasteiger partial charge in [0, 0.05) is 26.2 Å². The fraction of sp³-hybridized carbons (Fsp3) is 0.500. The molecule has 1 aliphatic rings. The first-order chi connectivity index (χ1) is 9.52. The lowest BCUT2D eigenvalue weighted by molar-refractivity contribution is -0.385. The normalized spacial score (nSPS) is 18.7. The van der Waals surface area contributed by atoms with Gasteiger partial charge in [-0.3, -0.25) is 14.9 Å². The van der Waals surface area contributed by atoms with Gasteiger partial charge in [-0.15, -0.1) is 0 Å². The number of β-amino-alcohol motifs (C(OH)–C–C–N with tert-alkyl or cyclic N) is 1. The number of aliphatic hydroxyl groups is 1. The van der Waals surface area contributed by atoms with Crippen LogP contribution in [0.4, 0.5) is 11.5 Å². The van der Waals surface area contributed by atoms with Crippen LogP contribution in [0.2, 0.25) is 0 Å². The van der Waals surface area contributed by atoms with Crippen LogP contribution in [0.1, 0.15) is 23.2 Å². The molecule has 1 amide bonds. The van der Waals surface area contributed by atoms with E-state index in [1.54, 1.807) is 7.05 Å². The van der Waals surface area contributed by atoms with Crippen molar-refractivity contribution in [3.05, 3.63) is 27.9 Å². The molecule has 2 rings (SSSR count). The van der Waals surface area contributed by atoms with E-state index in [1.165, 1.54) is 11.0 Å². The van der Waals surface area contributed by atoms with Crippen molar-refractivity contribution in [3.63, 3.8) is 0 Å². The predicted octanol–water partition coefficient (Wildman–Crippen LogP) is 0.628. The second kappa shape index (κ2) is 5.83. The van der Waals surface area contributed by atoms with Gasteiger partial charge in [0.05, 0.1) is 16.6 Å². The monoisotopic (exact) mass is 280 g/mol. The van der Waals surface area contributed by atoms with Crippen LogP contribution in [-0.4, -0.2) is 52.1 Å². The smallest absolute Gasteiger partial charge is 0.288 e. The van der Waals surface area contributed by atoms with Crippen molar-refractivity contribution in [2.45, 2.75) is 18.9 Å². The van der Waals surface area contributed by atoms with Crippen LogP contribution in [0.15, 0.2) is 12.3 Å². The van der Waals surface area contributed by atoms with Crippen LogP contribution in [0.5, 0.6) is 0 Å². The standard InChI is InChI=1S/C12H16N4O4/c1-13-11-10(5-8(6-14-11)16(19)20)12(18)15-4-2-3-9(17)7-15/h5-6,9,17H,2-4,7H2,1H3,(H,13,14). The van der Waals surface area contributed by atoms with E-state index < -0.39 is 11.0 Å². The molecule has 1 unspecified atom stereocenters. The van der Waals surface area contributed by atoms with E-state index in [1.807, 2.05) is 0 Å². The minimum absolute atomic E-state index is 0.149. The SMILES string of the molecule is CNc1ncc([N+](=O)[O-])cc1C(=O)N1CCCC(O)C1. The van der Waals surface area contributed by atoms with Gasteiger partial charge in [0.15, 0.2) is 0 Å². The van der Waals surface area contributed by atoms with E-state index in [4.69, 9.17) is 0 Å². The molecule has 0 aromatic carbocycles. The Balaban J connectivity index is 2.31. The zero-order valence-corrected chi connectivity index (χ0v) is 11.1. The highest BCUT2D eigenvalue weighted by Crippen LogP contribution is 2.22. The van der Waals surface area contributed by atoms with E-state index in [9.17, 15) is 20.0 Å². The van der Waals surface area contributed by atoms with Gasteiger partial charge in [0.1, 0.15) is 12.0 Å². The van der Waals surface area contributed by atoms with Crippen LogP contribution in [0.25, 0.3) is 0 Å². The highest BCUT2D eigenvalue weighted by atomic mass is 16.6. The quantitative estimate of drug-likeness (QED) is 0.621. The molecule has 0 aliphatic carbocycles. The number of nitro groups is 1. The maximum Gasteiger partial charge on any atom is 0.288 e. The average Bonchev–Trinajstić information content (AvgIpc) is 2.45. The number of pyridine rings is 1. The number of likely N-dealkylation sites (tertiary alicyclic amines) is 1. The number of rotatable bonds is 3. The Morgan fingerprint density at radius 3 is 3.00 bits per heavy atom. The van der Waals surface area contributed by atoms with Gasteiger partial charge in [-0.2, -0.15) is 0 Å². The lowest BCUT2D eigenvalue weighted by Crippen LogP contribution is -2.42. The lowest BCUT2D eigenvalue weighted by Gasteiger charge is -2.30. The van der Waals surface area contributed by atoms with E-state index in [0.29, 0.717) is 25.2 Å². The van der Waals surface area contributed by atoms with Crippen molar-refractivity contribution in [3.8, 4) is 0 Å². The Kier molecular flexibility index (Phi) is 4.14. The summed E-state index contributed by atoms with van der Waals surface area (Å²) < 4.78 is 0. The largest absolute Gasteiger partial charge is 0.391 e. The van der Waals surface area contributed by atoms with Gasteiger partial charge in [-0.05, 0) is 12.8 Å². The summed E-state index contributed by atoms with van der Waals surface area (Å²) in [6, 6.07) is 1.21. The third kappa shape index (κ3) is 2.85. The topological polar surface area (TPSA) is 109 Å². The minimum Gasteiger partial charge on any atom is -0.391 e. The number of piperidine rings is 1. The van der Waals surface area contributed by atoms with Crippen molar-refractivity contribution in [2.75, 3.05) is 25.5 Å². The number of hydrogen-bond donors (Lipinski definition) is 2. The fourth-order valence-corrected chi connectivity index (χ4v) is 2.23. The molecular formula is C12H16N4O4. The molecule has 8 heteroatoms. The minimum atomic E-state index is -0.589. The summed E-state index contributed by atoms with van der Waals surface area (Å²) in [5.74, 6) is -0.0648. The molecule has 0 bridgehead atoms. The number of anilines is 1. The molecule has 0 spiro atoms.